The second-order valence-electron chi connectivity index (χ2n) is 3.72. The van der Waals surface area contributed by atoms with Crippen molar-refractivity contribution in [1.82, 2.24) is 0 Å². The molecule has 0 bridgehead atoms. The van der Waals surface area contributed by atoms with E-state index in [1.165, 1.54) is 6.92 Å². The van der Waals surface area contributed by atoms with Crippen LogP contribution in [0.4, 0.5) is 0 Å². The van der Waals surface area contributed by atoms with Gasteiger partial charge in [-0.05, 0) is 19.5 Å². The van der Waals surface area contributed by atoms with Crippen molar-refractivity contribution in [3.8, 4) is 0 Å². The molecule has 0 rings (SSSR count). The largest absolute Gasteiger partial charge is 0.433 e. The third-order valence-electron chi connectivity index (χ3n) is 2.30. The summed E-state index contributed by atoms with van der Waals surface area (Å²) in [5.41, 5.74) is 0.262. The zero-order valence-electron chi connectivity index (χ0n) is 10.3. The van der Waals surface area contributed by atoms with Crippen molar-refractivity contribution in [3.05, 3.63) is 12.2 Å². The zero-order chi connectivity index (χ0) is 12.8. The molecule has 0 aromatic rings. The van der Waals surface area contributed by atoms with E-state index in [2.05, 4.69) is 6.58 Å². The number of ether oxygens (including phenoxy) is 1. The fourth-order valence-corrected chi connectivity index (χ4v) is 2.30. The maximum atomic E-state index is 11.1. The van der Waals surface area contributed by atoms with E-state index in [4.69, 9.17) is 13.6 Å². The molecule has 1 N–H and O–H groups in total. The topological polar surface area (TPSA) is 65.0 Å². The third kappa shape index (κ3) is 5.41. The van der Waals surface area contributed by atoms with Crippen molar-refractivity contribution in [2.45, 2.75) is 32.2 Å². The monoisotopic (exact) mass is 248 g/mol. The summed E-state index contributed by atoms with van der Waals surface area (Å²) in [4.78, 5) is 11.1. The quantitative estimate of drug-likeness (QED) is 0.317. The highest BCUT2D eigenvalue weighted by atomic mass is 28.4. The Balaban J connectivity index is 4.02. The van der Waals surface area contributed by atoms with Crippen LogP contribution in [0.2, 0.25) is 12.6 Å². The number of rotatable bonds is 7. The van der Waals surface area contributed by atoms with E-state index in [9.17, 15) is 9.90 Å². The molecule has 0 fully saturated rings. The Bertz CT molecular complexity index is 250. The molecule has 0 spiro atoms. The first-order valence-electron chi connectivity index (χ1n) is 4.99. The Morgan fingerprint density at radius 1 is 1.44 bits per heavy atom. The summed E-state index contributed by atoms with van der Waals surface area (Å²) in [7, 11) is 0.931. The summed E-state index contributed by atoms with van der Waals surface area (Å²) in [6.45, 7) is 6.82. The number of carbonyl (C=O) groups excluding carboxylic acids is 1. The predicted molar refractivity (Wildman–Crippen MR) is 62.0 cm³/mol. The van der Waals surface area contributed by atoms with E-state index in [1.54, 1.807) is 14.2 Å². The van der Waals surface area contributed by atoms with Crippen LogP contribution in [0.5, 0.6) is 0 Å². The number of aliphatic hydroxyl groups is 1. The normalized spacial score (nSPS) is 13.3. The predicted octanol–water partition coefficient (Wildman–Crippen LogP) is 1.18. The first-order valence-corrected chi connectivity index (χ1v) is 7.52. The molecule has 0 aliphatic carbocycles. The Morgan fingerprint density at radius 2 is 1.94 bits per heavy atom. The van der Waals surface area contributed by atoms with Gasteiger partial charge in [0.05, 0.1) is 0 Å². The maximum Gasteiger partial charge on any atom is 0.335 e. The average molecular weight is 248 g/mol. The van der Waals surface area contributed by atoms with Crippen molar-refractivity contribution in [2.75, 3.05) is 14.2 Å². The average Bonchev–Trinajstić information content (AvgIpc) is 2.25. The fraction of sp³-hybridized carbons (Fsp3) is 0.700. The van der Waals surface area contributed by atoms with Crippen LogP contribution in [0.1, 0.15) is 13.3 Å². The fourth-order valence-electron chi connectivity index (χ4n) is 0.956. The van der Waals surface area contributed by atoms with Gasteiger partial charge >= 0.3 is 14.5 Å². The Morgan fingerprint density at radius 3 is 2.31 bits per heavy atom. The van der Waals surface area contributed by atoms with Gasteiger partial charge in [0.1, 0.15) is 0 Å². The smallest absolute Gasteiger partial charge is 0.335 e. The first-order chi connectivity index (χ1) is 7.34. The standard InChI is InChI=1S/C10H20O5Si/c1-8(2)10(12)15-9(11)6-7-16(5,13-3)14-4/h9,11H,1,6-7H2,2-5H3. The van der Waals surface area contributed by atoms with Gasteiger partial charge in [-0.25, -0.2) is 4.79 Å². The van der Waals surface area contributed by atoms with E-state index in [-0.39, 0.29) is 5.57 Å². The Labute approximate surface area is 97.3 Å². The molecule has 6 heteroatoms. The number of hydrogen-bond donors (Lipinski definition) is 1. The summed E-state index contributed by atoms with van der Waals surface area (Å²) in [5, 5.41) is 9.45. The maximum absolute atomic E-state index is 11.1. The molecule has 0 radical (unpaired) electrons. The van der Waals surface area contributed by atoms with Gasteiger partial charge in [0.25, 0.3) is 0 Å². The number of carbonyl (C=O) groups is 1. The van der Waals surface area contributed by atoms with E-state index in [0.717, 1.165) is 0 Å². The van der Waals surface area contributed by atoms with E-state index in [1.807, 2.05) is 6.55 Å². The number of aliphatic hydroxyl groups excluding tert-OH is 1. The molecule has 0 saturated heterocycles. The molecule has 16 heavy (non-hydrogen) atoms. The molecule has 0 aliphatic heterocycles. The van der Waals surface area contributed by atoms with Gasteiger partial charge in [-0.15, -0.1) is 0 Å². The molecule has 0 heterocycles. The third-order valence-corrected chi connectivity index (χ3v) is 5.22. The summed E-state index contributed by atoms with van der Waals surface area (Å²) >= 11 is 0. The van der Waals surface area contributed by atoms with Crippen LogP contribution < -0.4 is 0 Å². The van der Waals surface area contributed by atoms with Crippen molar-refractivity contribution < 1.29 is 23.5 Å². The van der Waals surface area contributed by atoms with Gasteiger partial charge in [0.15, 0.2) is 0 Å². The summed E-state index contributed by atoms with van der Waals surface area (Å²) < 4.78 is 15.2. The van der Waals surface area contributed by atoms with Gasteiger partial charge in [0.2, 0.25) is 6.29 Å². The highest BCUT2D eigenvalue weighted by Crippen LogP contribution is 2.16. The second-order valence-corrected chi connectivity index (χ2v) is 7.31. The molecule has 0 aromatic carbocycles. The number of esters is 1. The van der Waals surface area contributed by atoms with Crippen LogP contribution in [0, 0.1) is 0 Å². The van der Waals surface area contributed by atoms with Crippen molar-refractivity contribution in [3.63, 3.8) is 0 Å². The minimum absolute atomic E-state index is 0.262. The highest BCUT2D eigenvalue weighted by Gasteiger charge is 2.29. The Kier molecular flexibility index (Phi) is 6.50. The van der Waals surface area contributed by atoms with Gasteiger partial charge < -0.3 is 18.7 Å². The molecule has 5 nitrogen and oxygen atoms in total. The summed E-state index contributed by atoms with van der Waals surface area (Å²) in [6, 6.07) is 0.546. The van der Waals surface area contributed by atoms with Crippen molar-refractivity contribution >= 4 is 14.5 Å². The Hall–Kier alpha value is -0.693. The molecule has 0 amide bonds. The molecule has 0 aliphatic rings. The van der Waals surface area contributed by atoms with Crippen LogP contribution in [-0.4, -0.2) is 40.1 Å². The van der Waals surface area contributed by atoms with Crippen LogP contribution >= 0.6 is 0 Å². The molecular weight excluding hydrogens is 228 g/mol. The second kappa shape index (κ2) is 6.80. The summed E-state index contributed by atoms with van der Waals surface area (Å²) in [5.74, 6) is -0.592. The van der Waals surface area contributed by atoms with Crippen LogP contribution in [0.3, 0.4) is 0 Å². The number of hydrogen-bond acceptors (Lipinski definition) is 5. The lowest BCUT2D eigenvalue weighted by Gasteiger charge is -2.23. The molecule has 1 atom stereocenters. The van der Waals surface area contributed by atoms with Crippen LogP contribution in [0.25, 0.3) is 0 Å². The molecule has 0 aromatic heterocycles. The van der Waals surface area contributed by atoms with Crippen LogP contribution in [-0.2, 0) is 18.4 Å². The highest BCUT2D eigenvalue weighted by molar-refractivity contribution is 6.65. The molecular formula is C10H20O5Si. The molecule has 1 unspecified atom stereocenters. The zero-order valence-corrected chi connectivity index (χ0v) is 11.3. The van der Waals surface area contributed by atoms with Gasteiger partial charge in [-0.3, -0.25) is 0 Å². The van der Waals surface area contributed by atoms with Crippen LogP contribution in [0.15, 0.2) is 12.2 Å². The first kappa shape index (κ1) is 15.3. The van der Waals surface area contributed by atoms with E-state index in [0.29, 0.717) is 12.5 Å². The van der Waals surface area contributed by atoms with Gasteiger partial charge in [-0.1, -0.05) is 6.58 Å². The minimum Gasteiger partial charge on any atom is -0.433 e. The molecule has 94 valence electrons. The minimum atomic E-state index is -2.21. The van der Waals surface area contributed by atoms with E-state index < -0.39 is 20.8 Å². The van der Waals surface area contributed by atoms with Gasteiger partial charge in [0, 0.05) is 26.2 Å². The van der Waals surface area contributed by atoms with Crippen molar-refractivity contribution in [2.24, 2.45) is 0 Å². The van der Waals surface area contributed by atoms with E-state index >= 15 is 0 Å². The SMILES string of the molecule is C=C(C)C(=O)OC(O)CC[Si](C)(OC)OC. The van der Waals surface area contributed by atoms with Gasteiger partial charge in [-0.2, -0.15) is 0 Å². The summed E-state index contributed by atoms with van der Waals surface area (Å²) in [6.07, 6.45) is -0.843. The molecule has 0 saturated carbocycles. The lowest BCUT2D eigenvalue weighted by molar-refractivity contribution is -0.163. The lowest BCUT2D eigenvalue weighted by atomic mass is 10.3. The van der Waals surface area contributed by atoms with Crippen molar-refractivity contribution in [1.29, 1.82) is 0 Å². The lowest BCUT2D eigenvalue weighted by Crippen LogP contribution is -2.37.